The van der Waals surface area contributed by atoms with E-state index in [1.807, 2.05) is 0 Å². The highest BCUT2D eigenvalue weighted by molar-refractivity contribution is 7.86. The van der Waals surface area contributed by atoms with E-state index in [2.05, 4.69) is 4.90 Å². The van der Waals surface area contributed by atoms with Crippen LogP contribution in [0.25, 0.3) is 0 Å². The van der Waals surface area contributed by atoms with Crippen LogP contribution >= 0.6 is 11.6 Å². The molecule has 0 bridgehead atoms. The Morgan fingerprint density at radius 2 is 1.65 bits per heavy atom. The second-order valence-electron chi connectivity index (χ2n) is 6.19. The molecule has 0 N–H and O–H groups in total. The molecule has 0 aromatic carbocycles. The second-order valence-corrected chi connectivity index (χ2v) is 8.43. The first-order valence-electron chi connectivity index (χ1n) is 7.66. The lowest BCUT2D eigenvalue weighted by Crippen LogP contribution is -2.55. The summed E-state index contributed by atoms with van der Waals surface area (Å²) in [5.74, 6) is 0.870. The van der Waals surface area contributed by atoms with E-state index < -0.39 is 10.2 Å². The van der Waals surface area contributed by atoms with E-state index in [4.69, 9.17) is 11.6 Å². The van der Waals surface area contributed by atoms with Crippen LogP contribution in [0, 0.1) is 5.92 Å². The van der Waals surface area contributed by atoms with E-state index in [9.17, 15) is 8.42 Å². The van der Waals surface area contributed by atoms with Crippen molar-refractivity contribution in [3.63, 3.8) is 0 Å². The molecule has 2 saturated heterocycles. The average Bonchev–Trinajstić information content (AvgIpc) is 3.32. The molecule has 2 heterocycles. The number of nitrogens with zero attached hydrogens (tertiary/aromatic N) is 3. The molecular formula is C13H24ClN3O2S. The van der Waals surface area contributed by atoms with Crippen molar-refractivity contribution in [2.24, 2.45) is 5.92 Å². The summed E-state index contributed by atoms with van der Waals surface area (Å²) < 4.78 is 28.7. The molecule has 116 valence electrons. The third kappa shape index (κ3) is 3.14. The minimum Gasteiger partial charge on any atom is -0.298 e. The zero-order valence-corrected chi connectivity index (χ0v) is 13.4. The van der Waals surface area contributed by atoms with Crippen LogP contribution in [-0.2, 0) is 10.2 Å². The zero-order chi connectivity index (χ0) is 14.2. The van der Waals surface area contributed by atoms with Crippen LogP contribution in [0.1, 0.15) is 25.7 Å². The quantitative estimate of drug-likeness (QED) is 0.725. The van der Waals surface area contributed by atoms with Crippen LogP contribution in [0.2, 0.25) is 0 Å². The molecule has 1 aliphatic carbocycles. The maximum absolute atomic E-state index is 12.7. The highest BCUT2D eigenvalue weighted by atomic mass is 35.5. The van der Waals surface area contributed by atoms with Crippen molar-refractivity contribution in [3.05, 3.63) is 0 Å². The van der Waals surface area contributed by atoms with Gasteiger partial charge in [-0.1, -0.05) is 0 Å². The average molecular weight is 322 g/mol. The molecule has 3 aliphatic rings. The maximum Gasteiger partial charge on any atom is 0.282 e. The molecule has 5 nitrogen and oxygen atoms in total. The van der Waals surface area contributed by atoms with Crippen LogP contribution in [0.3, 0.4) is 0 Å². The zero-order valence-electron chi connectivity index (χ0n) is 11.9. The Labute approximate surface area is 127 Å². The van der Waals surface area contributed by atoms with Gasteiger partial charge in [0.25, 0.3) is 10.2 Å². The first-order valence-corrected chi connectivity index (χ1v) is 9.59. The highest BCUT2D eigenvalue weighted by Gasteiger charge is 2.37. The summed E-state index contributed by atoms with van der Waals surface area (Å²) in [6.07, 6.45) is 4.55. The van der Waals surface area contributed by atoms with E-state index >= 15 is 0 Å². The number of piperazine rings is 1. The van der Waals surface area contributed by atoms with Gasteiger partial charge in [-0.3, -0.25) is 4.90 Å². The topological polar surface area (TPSA) is 43.9 Å². The normalized spacial score (nSPS) is 31.6. The molecule has 0 aromatic heterocycles. The molecule has 1 saturated carbocycles. The summed E-state index contributed by atoms with van der Waals surface area (Å²) in [6.45, 7) is 4.29. The van der Waals surface area contributed by atoms with Gasteiger partial charge >= 0.3 is 0 Å². The van der Waals surface area contributed by atoms with Crippen LogP contribution in [0.4, 0.5) is 0 Å². The van der Waals surface area contributed by atoms with E-state index in [0.717, 1.165) is 32.0 Å². The Morgan fingerprint density at radius 3 is 2.25 bits per heavy atom. The summed E-state index contributed by atoms with van der Waals surface area (Å²) in [7, 11) is -3.28. The van der Waals surface area contributed by atoms with Gasteiger partial charge in [0.05, 0.1) is 0 Å². The number of hydrogen-bond donors (Lipinski definition) is 0. The van der Waals surface area contributed by atoms with Gasteiger partial charge in [0.15, 0.2) is 0 Å². The highest BCUT2D eigenvalue weighted by Crippen LogP contribution is 2.28. The van der Waals surface area contributed by atoms with Crippen LogP contribution in [0.5, 0.6) is 0 Å². The molecule has 3 rings (SSSR count). The van der Waals surface area contributed by atoms with Crippen molar-refractivity contribution < 1.29 is 8.42 Å². The van der Waals surface area contributed by atoms with Crippen molar-refractivity contribution >= 4 is 21.8 Å². The van der Waals surface area contributed by atoms with Gasteiger partial charge < -0.3 is 0 Å². The van der Waals surface area contributed by atoms with Crippen molar-refractivity contribution in [3.8, 4) is 0 Å². The summed E-state index contributed by atoms with van der Waals surface area (Å²) in [4.78, 5) is 2.43. The summed E-state index contributed by atoms with van der Waals surface area (Å²) >= 11 is 5.90. The largest absolute Gasteiger partial charge is 0.298 e. The minimum absolute atomic E-state index is 0.313. The molecule has 0 aromatic rings. The van der Waals surface area contributed by atoms with Gasteiger partial charge in [0, 0.05) is 51.2 Å². The lowest BCUT2D eigenvalue weighted by molar-refractivity contribution is 0.169. The van der Waals surface area contributed by atoms with Gasteiger partial charge in [0.1, 0.15) is 0 Å². The van der Waals surface area contributed by atoms with Gasteiger partial charge in [0.2, 0.25) is 0 Å². The standard InChI is InChI=1S/C13H24ClN3O2S/c14-10-12-2-1-5-17(11-12)20(18,19)16-8-6-15(7-9-16)13-3-4-13/h12-13H,1-11H2. The van der Waals surface area contributed by atoms with Gasteiger partial charge in [-0.2, -0.15) is 17.0 Å². The number of rotatable bonds is 4. The molecule has 0 spiro atoms. The molecular weight excluding hydrogens is 298 g/mol. The third-order valence-electron chi connectivity index (χ3n) is 4.69. The van der Waals surface area contributed by atoms with Crippen molar-refractivity contribution in [2.45, 2.75) is 31.7 Å². The minimum atomic E-state index is -3.28. The van der Waals surface area contributed by atoms with Crippen LogP contribution < -0.4 is 0 Å². The Balaban J connectivity index is 1.60. The van der Waals surface area contributed by atoms with Gasteiger partial charge in [-0.25, -0.2) is 0 Å². The van der Waals surface area contributed by atoms with Crippen LogP contribution in [0.15, 0.2) is 0 Å². The number of halogens is 1. The van der Waals surface area contributed by atoms with Crippen molar-refractivity contribution in [1.82, 2.24) is 13.5 Å². The molecule has 0 amide bonds. The molecule has 0 radical (unpaired) electrons. The summed E-state index contributed by atoms with van der Waals surface area (Å²) in [5, 5.41) is 0. The fourth-order valence-electron chi connectivity index (χ4n) is 3.26. The molecule has 20 heavy (non-hydrogen) atoms. The number of piperidine rings is 1. The third-order valence-corrected chi connectivity index (χ3v) is 7.13. The van der Waals surface area contributed by atoms with Gasteiger partial charge in [-0.05, 0) is 31.6 Å². The van der Waals surface area contributed by atoms with Gasteiger partial charge in [-0.15, -0.1) is 11.6 Å². The lowest BCUT2D eigenvalue weighted by Gasteiger charge is -2.39. The second kappa shape index (κ2) is 6.08. The first kappa shape index (κ1) is 15.0. The summed E-state index contributed by atoms with van der Waals surface area (Å²) in [6, 6.07) is 0.732. The van der Waals surface area contributed by atoms with E-state index in [1.54, 1.807) is 8.61 Å². The van der Waals surface area contributed by atoms with E-state index in [1.165, 1.54) is 12.8 Å². The Bertz CT molecular complexity index is 433. The number of hydrogen-bond acceptors (Lipinski definition) is 3. The molecule has 3 fully saturated rings. The number of alkyl halides is 1. The van der Waals surface area contributed by atoms with E-state index in [-0.39, 0.29) is 0 Å². The lowest BCUT2D eigenvalue weighted by atomic mass is 10.0. The summed E-state index contributed by atoms with van der Waals surface area (Å²) in [5.41, 5.74) is 0. The monoisotopic (exact) mass is 321 g/mol. The maximum atomic E-state index is 12.7. The molecule has 1 atom stereocenters. The SMILES string of the molecule is O=S(=O)(N1CCN(C2CC2)CC1)N1CCCC(CCl)C1. The van der Waals surface area contributed by atoms with Crippen LogP contribution in [-0.4, -0.2) is 73.1 Å². The molecule has 2 aliphatic heterocycles. The fourth-order valence-corrected chi connectivity index (χ4v) is 5.23. The molecule has 1 unspecified atom stereocenters. The first-order chi connectivity index (χ1) is 9.61. The smallest absolute Gasteiger partial charge is 0.282 e. The fraction of sp³-hybridized carbons (Fsp3) is 1.00. The Kier molecular flexibility index (Phi) is 4.57. The van der Waals surface area contributed by atoms with Crippen molar-refractivity contribution in [2.75, 3.05) is 45.1 Å². The Morgan fingerprint density at radius 1 is 0.950 bits per heavy atom. The van der Waals surface area contributed by atoms with Crippen molar-refractivity contribution in [1.29, 1.82) is 0 Å². The van der Waals surface area contributed by atoms with E-state index in [0.29, 0.717) is 38.0 Å². The molecule has 7 heteroatoms. The Hall–Kier alpha value is 0.120. The predicted octanol–water partition coefficient (Wildman–Crippen LogP) is 0.962. The predicted molar refractivity (Wildman–Crippen MR) is 80.1 cm³/mol.